The van der Waals surface area contributed by atoms with Crippen LogP contribution >= 0.6 is 0 Å². The zero-order chi connectivity index (χ0) is 8.85. The number of aliphatic imine (C=N–C) groups is 2. The Balaban J connectivity index is 4.50. The van der Waals surface area contributed by atoms with E-state index in [1.54, 1.807) is 6.20 Å². The number of hydrogen-bond donors (Lipinski definition) is 0. The molecule has 0 N–H and O–H groups in total. The number of carbonyl (C=O) groups excluding carboxylic acids is 1. The number of ketones is 1. The molecule has 0 saturated heterocycles. The molecule has 0 aromatic heterocycles. The molecule has 0 fully saturated rings. The smallest absolute Gasteiger partial charge is 0.196 e. The number of hydrogen-bond acceptors (Lipinski definition) is 2. The van der Waals surface area contributed by atoms with Crippen LogP contribution in [-0.2, 0) is 4.79 Å². The second-order valence-electron chi connectivity index (χ2n) is 2.37. The van der Waals surface area contributed by atoms with Gasteiger partial charge in [0.2, 0.25) is 0 Å². The number of rotatable bonds is 2. The van der Waals surface area contributed by atoms with Crippen LogP contribution < -0.4 is 0 Å². The minimum atomic E-state index is -0.169. The molecule has 0 heterocycles. The first-order chi connectivity index (χ1) is 5.07. The molecule has 0 aromatic carbocycles. The predicted molar refractivity (Wildman–Crippen MR) is 47.1 cm³/mol. The van der Waals surface area contributed by atoms with E-state index in [-0.39, 0.29) is 11.6 Å². The van der Waals surface area contributed by atoms with Gasteiger partial charge < -0.3 is 0 Å². The molecule has 11 heavy (non-hydrogen) atoms. The molecule has 0 unspecified atom stereocenters. The molecule has 0 amide bonds. The van der Waals surface area contributed by atoms with Crippen LogP contribution in [0.15, 0.2) is 21.8 Å². The molecule has 0 aliphatic rings. The normalized spacial score (nSPS) is 10.6. The van der Waals surface area contributed by atoms with E-state index in [2.05, 4.69) is 16.7 Å². The van der Waals surface area contributed by atoms with Crippen LogP contribution in [0.4, 0.5) is 0 Å². The highest BCUT2D eigenvalue weighted by Crippen LogP contribution is 1.91. The maximum Gasteiger partial charge on any atom is 0.196 e. The summed E-state index contributed by atoms with van der Waals surface area (Å²) < 4.78 is 0. The summed E-state index contributed by atoms with van der Waals surface area (Å²) in [5.41, 5.74) is 1.02. The standard InChI is InChI=1S/C8H12N2O/c1-6(2)5-10-8(9-4)7(3)11/h5H,4H2,1-3H3. The van der Waals surface area contributed by atoms with Gasteiger partial charge in [0, 0.05) is 13.1 Å². The average Bonchev–Trinajstić information content (AvgIpc) is 1.87. The zero-order valence-electron chi connectivity index (χ0n) is 7.09. The summed E-state index contributed by atoms with van der Waals surface area (Å²) in [7, 11) is 0. The van der Waals surface area contributed by atoms with Crippen LogP contribution in [-0.4, -0.2) is 18.3 Å². The van der Waals surface area contributed by atoms with Gasteiger partial charge in [-0.05, 0) is 20.6 Å². The van der Waals surface area contributed by atoms with Gasteiger partial charge in [0.25, 0.3) is 0 Å². The largest absolute Gasteiger partial charge is 0.291 e. The second kappa shape index (κ2) is 4.55. The summed E-state index contributed by atoms with van der Waals surface area (Å²) in [6.07, 6.45) is 1.59. The van der Waals surface area contributed by atoms with Crippen molar-refractivity contribution < 1.29 is 4.79 Å². The van der Waals surface area contributed by atoms with E-state index in [1.807, 2.05) is 13.8 Å². The Labute approximate surface area is 66.6 Å². The SMILES string of the molecule is C=NC(=NC=C(C)C)C(C)=O. The van der Waals surface area contributed by atoms with Gasteiger partial charge in [-0.3, -0.25) is 4.79 Å². The Bertz CT molecular complexity index is 222. The summed E-state index contributed by atoms with van der Waals surface area (Å²) in [6, 6.07) is 0. The fourth-order valence-corrected chi connectivity index (χ4v) is 0.433. The van der Waals surface area contributed by atoms with Crippen LogP contribution in [0.2, 0.25) is 0 Å². The molecule has 0 bridgehead atoms. The van der Waals surface area contributed by atoms with Crippen LogP contribution in [0, 0.1) is 0 Å². The van der Waals surface area contributed by atoms with Crippen LogP contribution in [0.3, 0.4) is 0 Å². The first-order valence-corrected chi connectivity index (χ1v) is 3.26. The van der Waals surface area contributed by atoms with E-state index in [9.17, 15) is 4.79 Å². The van der Waals surface area contributed by atoms with Gasteiger partial charge in [0.15, 0.2) is 11.6 Å². The van der Waals surface area contributed by atoms with Crippen molar-refractivity contribution in [2.75, 3.05) is 0 Å². The highest BCUT2D eigenvalue weighted by Gasteiger charge is 1.98. The molecule has 0 rings (SSSR count). The molecular formula is C8H12N2O. The highest BCUT2D eigenvalue weighted by atomic mass is 16.1. The van der Waals surface area contributed by atoms with Crippen LogP contribution in [0.1, 0.15) is 20.8 Å². The lowest BCUT2D eigenvalue weighted by atomic mass is 10.4. The summed E-state index contributed by atoms with van der Waals surface area (Å²) in [4.78, 5) is 18.0. The number of carbonyl (C=O) groups is 1. The molecule has 0 spiro atoms. The van der Waals surface area contributed by atoms with Crippen molar-refractivity contribution >= 4 is 18.3 Å². The summed E-state index contributed by atoms with van der Waals surface area (Å²) in [6.45, 7) is 8.42. The van der Waals surface area contributed by atoms with Crippen molar-refractivity contribution in [2.45, 2.75) is 20.8 Å². The third kappa shape index (κ3) is 4.19. The van der Waals surface area contributed by atoms with Gasteiger partial charge in [-0.15, -0.1) is 0 Å². The number of amidine groups is 1. The Kier molecular flexibility index (Phi) is 4.03. The topological polar surface area (TPSA) is 41.8 Å². The third-order valence-electron chi connectivity index (χ3n) is 0.910. The predicted octanol–water partition coefficient (Wildman–Crippen LogP) is 1.60. The lowest BCUT2D eigenvalue weighted by molar-refractivity contribution is -0.111. The monoisotopic (exact) mass is 152 g/mol. The van der Waals surface area contributed by atoms with E-state index in [0.29, 0.717) is 0 Å². The lowest BCUT2D eigenvalue weighted by Gasteiger charge is -1.89. The van der Waals surface area contributed by atoms with Crippen molar-refractivity contribution in [3.05, 3.63) is 11.8 Å². The molecule has 0 radical (unpaired) electrons. The van der Waals surface area contributed by atoms with E-state index >= 15 is 0 Å². The number of Topliss-reactive ketones (excluding diaryl/α,β-unsaturated/α-hetero) is 1. The minimum Gasteiger partial charge on any atom is -0.291 e. The number of nitrogens with zero attached hydrogens (tertiary/aromatic N) is 2. The van der Waals surface area contributed by atoms with E-state index in [0.717, 1.165) is 5.57 Å². The van der Waals surface area contributed by atoms with E-state index < -0.39 is 0 Å². The van der Waals surface area contributed by atoms with Crippen molar-refractivity contribution in [2.24, 2.45) is 9.98 Å². The van der Waals surface area contributed by atoms with Gasteiger partial charge in [-0.25, -0.2) is 9.98 Å². The van der Waals surface area contributed by atoms with Gasteiger partial charge in [0.05, 0.1) is 0 Å². The van der Waals surface area contributed by atoms with Crippen LogP contribution in [0.25, 0.3) is 0 Å². The van der Waals surface area contributed by atoms with Gasteiger partial charge in [0.1, 0.15) is 0 Å². The maximum atomic E-state index is 10.7. The van der Waals surface area contributed by atoms with Gasteiger partial charge in [-0.1, -0.05) is 5.57 Å². The van der Waals surface area contributed by atoms with Crippen LogP contribution in [0.5, 0.6) is 0 Å². The molecule has 0 aliphatic heterocycles. The third-order valence-corrected chi connectivity index (χ3v) is 0.910. The molecule has 3 nitrogen and oxygen atoms in total. The Hall–Kier alpha value is -1.25. The first-order valence-electron chi connectivity index (χ1n) is 3.26. The minimum absolute atomic E-state index is 0.159. The molecule has 3 heteroatoms. The fourth-order valence-electron chi connectivity index (χ4n) is 0.433. The maximum absolute atomic E-state index is 10.7. The molecule has 0 atom stereocenters. The van der Waals surface area contributed by atoms with Gasteiger partial charge in [-0.2, -0.15) is 0 Å². The fraction of sp³-hybridized carbons (Fsp3) is 0.375. The van der Waals surface area contributed by atoms with E-state index in [4.69, 9.17) is 0 Å². The van der Waals surface area contributed by atoms with Crippen molar-refractivity contribution in [1.82, 2.24) is 0 Å². The molecule has 0 aromatic rings. The second-order valence-corrected chi connectivity index (χ2v) is 2.37. The Morgan fingerprint density at radius 1 is 1.36 bits per heavy atom. The number of allylic oxidation sites excluding steroid dienone is 1. The van der Waals surface area contributed by atoms with Crippen molar-refractivity contribution in [3.8, 4) is 0 Å². The van der Waals surface area contributed by atoms with Crippen molar-refractivity contribution in [3.63, 3.8) is 0 Å². The zero-order valence-corrected chi connectivity index (χ0v) is 7.09. The van der Waals surface area contributed by atoms with E-state index in [1.165, 1.54) is 6.92 Å². The summed E-state index contributed by atoms with van der Waals surface area (Å²) in [5.74, 6) is -0.0105. The molecule has 60 valence electrons. The average molecular weight is 152 g/mol. The summed E-state index contributed by atoms with van der Waals surface area (Å²) in [5, 5.41) is 0. The van der Waals surface area contributed by atoms with Gasteiger partial charge >= 0.3 is 0 Å². The summed E-state index contributed by atoms with van der Waals surface area (Å²) >= 11 is 0. The first kappa shape index (κ1) is 9.75. The molecule has 0 saturated carbocycles. The Morgan fingerprint density at radius 2 is 1.91 bits per heavy atom. The highest BCUT2D eigenvalue weighted by molar-refractivity contribution is 6.39. The molecular weight excluding hydrogens is 140 g/mol. The van der Waals surface area contributed by atoms with Crippen molar-refractivity contribution in [1.29, 1.82) is 0 Å². The Morgan fingerprint density at radius 3 is 2.18 bits per heavy atom. The quantitative estimate of drug-likeness (QED) is 0.437. The lowest BCUT2D eigenvalue weighted by Crippen LogP contribution is -2.04. The molecule has 0 aliphatic carbocycles.